The first-order valence-corrected chi connectivity index (χ1v) is 2.44. The Hall–Kier alpha value is -1.30. The predicted molar refractivity (Wildman–Crippen MR) is 31.6 cm³/mol. The third-order valence-electron chi connectivity index (χ3n) is 0.741. The third-order valence-corrected chi connectivity index (χ3v) is 0.741. The van der Waals surface area contributed by atoms with E-state index < -0.39 is 5.97 Å². The quantitative estimate of drug-likeness (QED) is 0.558. The van der Waals surface area contributed by atoms with Gasteiger partial charge in [0.25, 0.3) is 0 Å². The molecule has 48 valence electrons. The van der Waals surface area contributed by atoms with E-state index in [0.29, 0.717) is 5.57 Å². The lowest BCUT2D eigenvalue weighted by Crippen LogP contribution is -1.93. The molecule has 0 radical (unpaired) electrons. The number of aliphatic carboxylic acids is 1. The molecule has 0 saturated carbocycles. The Labute approximate surface area is 53.2 Å². The molecule has 0 aliphatic rings. The summed E-state index contributed by atoms with van der Waals surface area (Å²) in [6.45, 7) is 1.61. The van der Waals surface area contributed by atoms with Crippen molar-refractivity contribution in [2.24, 2.45) is 0 Å². The summed E-state index contributed by atoms with van der Waals surface area (Å²) in [5, 5.41) is 16.2. The molecule has 0 aromatic heterocycles. The molecule has 0 aliphatic heterocycles. The monoisotopic (exact) mass is 125 g/mol. The van der Waals surface area contributed by atoms with Crippen molar-refractivity contribution in [1.29, 1.82) is 5.26 Å². The maximum Gasteiger partial charge on any atom is 0.307 e. The van der Waals surface area contributed by atoms with Gasteiger partial charge in [-0.2, -0.15) is 5.26 Å². The van der Waals surface area contributed by atoms with Crippen molar-refractivity contribution < 1.29 is 9.90 Å². The molecule has 0 spiro atoms. The highest BCUT2D eigenvalue weighted by Crippen LogP contribution is 1.96. The smallest absolute Gasteiger partial charge is 0.307 e. The van der Waals surface area contributed by atoms with Crippen LogP contribution in [-0.2, 0) is 4.79 Å². The van der Waals surface area contributed by atoms with E-state index in [1.54, 1.807) is 13.0 Å². The normalized spacial score (nSPS) is 10.4. The minimum Gasteiger partial charge on any atom is -0.481 e. The SMILES string of the molecule is C/C(=C\C#N)CC(=O)O. The van der Waals surface area contributed by atoms with Crippen molar-refractivity contribution in [1.82, 2.24) is 0 Å². The van der Waals surface area contributed by atoms with Gasteiger partial charge >= 0.3 is 5.97 Å². The van der Waals surface area contributed by atoms with Gasteiger partial charge in [-0.15, -0.1) is 0 Å². The molecule has 0 heterocycles. The molecular formula is C6H7NO2. The van der Waals surface area contributed by atoms with Crippen molar-refractivity contribution in [3.63, 3.8) is 0 Å². The summed E-state index contributed by atoms with van der Waals surface area (Å²) < 4.78 is 0. The Balaban J connectivity index is 3.80. The number of allylic oxidation sites excluding steroid dienone is 1. The molecule has 3 heteroatoms. The molecule has 0 saturated heterocycles. The van der Waals surface area contributed by atoms with Gasteiger partial charge in [0.2, 0.25) is 0 Å². The topological polar surface area (TPSA) is 61.1 Å². The number of carboxylic acid groups (broad SMARTS) is 1. The Morgan fingerprint density at radius 1 is 1.89 bits per heavy atom. The number of nitrogens with zero attached hydrogens (tertiary/aromatic N) is 1. The van der Waals surface area contributed by atoms with E-state index in [9.17, 15) is 4.79 Å². The third kappa shape index (κ3) is 4.56. The van der Waals surface area contributed by atoms with Crippen molar-refractivity contribution >= 4 is 5.97 Å². The maximum atomic E-state index is 9.93. The van der Waals surface area contributed by atoms with E-state index in [-0.39, 0.29) is 6.42 Å². The highest BCUT2D eigenvalue weighted by molar-refractivity contribution is 5.69. The number of rotatable bonds is 2. The zero-order valence-corrected chi connectivity index (χ0v) is 5.09. The molecule has 0 aromatic rings. The Morgan fingerprint density at radius 2 is 2.44 bits per heavy atom. The zero-order valence-electron chi connectivity index (χ0n) is 5.09. The van der Waals surface area contributed by atoms with Crippen molar-refractivity contribution in [2.45, 2.75) is 13.3 Å². The second-order valence-corrected chi connectivity index (χ2v) is 1.69. The van der Waals surface area contributed by atoms with Crippen LogP contribution >= 0.6 is 0 Å². The summed E-state index contributed by atoms with van der Waals surface area (Å²) in [5.41, 5.74) is 0.574. The largest absolute Gasteiger partial charge is 0.481 e. The van der Waals surface area contributed by atoms with E-state index in [4.69, 9.17) is 10.4 Å². The first kappa shape index (κ1) is 7.70. The number of carboxylic acids is 1. The first-order valence-electron chi connectivity index (χ1n) is 2.44. The van der Waals surface area contributed by atoms with Crippen LogP contribution in [0.5, 0.6) is 0 Å². The van der Waals surface area contributed by atoms with Crippen LogP contribution in [0.25, 0.3) is 0 Å². The molecule has 0 aromatic carbocycles. The van der Waals surface area contributed by atoms with Crippen LogP contribution < -0.4 is 0 Å². The highest BCUT2D eigenvalue weighted by Gasteiger charge is 1.95. The summed E-state index contributed by atoms with van der Waals surface area (Å²) >= 11 is 0. The fourth-order valence-electron chi connectivity index (χ4n) is 0.400. The summed E-state index contributed by atoms with van der Waals surface area (Å²) in [6.07, 6.45) is 1.18. The number of hydrogen-bond acceptors (Lipinski definition) is 2. The first-order chi connectivity index (χ1) is 4.16. The van der Waals surface area contributed by atoms with Gasteiger partial charge in [-0.3, -0.25) is 4.79 Å². The van der Waals surface area contributed by atoms with Gasteiger partial charge in [0.05, 0.1) is 12.5 Å². The molecule has 0 fully saturated rings. The molecule has 0 amide bonds. The lowest BCUT2D eigenvalue weighted by molar-refractivity contribution is -0.136. The summed E-state index contributed by atoms with van der Waals surface area (Å²) in [5.74, 6) is -0.904. The molecular weight excluding hydrogens is 118 g/mol. The van der Waals surface area contributed by atoms with Crippen LogP contribution in [0.3, 0.4) is 0 Å². The molecule has 0 aliphatic carbocycles. The lowest BCUT2D eigenvalue weighted by atomic mass is 10.2. The predicted octanol–water partition coefficient (Wildman–Crippen LogP) is 0.931. The average Bonchev–Trinajstić information content (AvgIpc) is 1.63. The number of hydrogen-bond donors (Lipinski definition) is 1. The Morgan fingerprint density at radius 3 is 2.78 bits per heavy atom. The van der Waals surface area contributed by atoms with Crippen molar-refractivity contribution in [3.8, 4) is 6.07 Å². The van der Waals surface area contributed by atoms with Crippen LogP contribution in [0.15, 0.2) is 11.6 Å². The minimum atomic E-state index is -0.904. The van der Waals surface area contributed by atoms with E-state index in [2.05, 4.69) is 0 Å². The van der Waals surface area contributed by atoms with E-state index in [0.717, 1.165) is 0 Å². The van der Waals surface area contributed by atoms with Crippen LogP contribution in [-0.4, -0.2) is 11.1 Å². The fraction of sp³-hybridized carbons (Fsp3) is 0.333. The second-order valence-electron chi connectivity index (χ2n) is 1.69. The van der Waals surface area contributed by atoms with Crippen LogP contribution in [0, 0.1) is 11.3 Å². The molecule has 1 N–H and O–H groups in total. The molecule has 0 unspecified atom stereocenters. The number of carbonyl (C=O) groups is 1. The zero-order chi connectivity index (χ0) is 7.28. The van der Waals surface area contributed by atoms with Gasteiger partial charge in [0, 0.05) is 6.08 Å². The summed E-state index contributed by atoms with van der Waals surface area (Å²) in [6, 6.07) is 1.75. The maximum absolute atomic E-state index is 9.93. The highest BCUT2D eigenvalue weighted by atomic mass is 16.4. The Bertz CT molecular complexity index is 176. The minimum absolute atomic E-state index is 0.0481. The molecule has 3 nitrogen and oxygen atoms in total. The van der Waals surface area contributed by atoms with Crippen molar-refractivity contribution in [3.05, 3.63) is 11.6 Å². The molecule has 0 atom stereocenters. The van der Waals surface area contributed by atoms with Gasteiger partial charge in [-0.1, -0.05) is 5.57 Å². The van der Waals surface area contributed by atoms with Gasteiger partial charge in [0.15, 0.2) is 0 Å². The van der Waals surface area contributed by atoms with Crippen LogP contribution in [0.1, 0.15) is 13.3 Å². The molecule has 9 heavy (non-hydrogen) atoms. The van der Waals surface area contributed by atoms with E-state index >= 15 is 0 Å². The molecule has 0 bridgehead atoms. The van der Waals surface area contributed by atoms with Gasteiger partial charge in [0.1, 0.15) is 0 Å². The van der Waals surface area contributed by atoms with Gasteiger partial charge in [-0.25, -0.2) is 0 Å². The standard InChI is InChI=1S/C6H7NO2/c1-5(2-3-7)4-6(8)9/h2H,4H2,1H3,(H,8,9)/b5-2+. The summed E-state index contributed by atoms with van der Waals surface area (Å²) in [7, 11) is 0. The van der Waals surface area contributed by atoms with Crippen molar-refractivity contribution in [2.75, 3.05) is 0 Å². The fourth-order valence-corrected chi connectivity index (χ4v) is 0.400. The van der Waals surface area contributed by atoms with Gasteiger partial charge < -0.3 is 5.11 Å². The second kappa shape index (κ2) is 3.67. The van der Waals surface area contributed by atoms with E-state index in [1.807, 2.05) is 0 Å². The summed E-state index contributed by atoms with van der Waals surface area (Å²) in [4.78, 5) is 9.93. The lowest BCUT2D eigenvalue weighted by Gasteiger charge is -1.88. The molecule has 0 rings (SSSR count). The number of nitriles is 1. The average molecular weight is 125 g/mol. The van der Waals surface area contributed by atoms with Crippen LogP contribution in [0.4, 0.5) is 0 Å². The van der Waals surface area contributed by atoms with Crippen LogP contribution in [0.2, 0.25) is 0 Å². The Kier molecular flexibility index (Phi) is 3.14. The van der Waals surface area contributed by atoms with E-state index in [1.165, 1.54) is 6.08 Å². The van der Waals surface area contributed by atoms with Gasteiger partial charge in [-0.05, 0) is 6.92 Å².